The maximum atomic E-state index is 13.5. The summed E-state index contributed by atoms with van der Waals surface area (Å²) in [6.07, 6.45) is 4.92. The maximum absolute atomic E-state index is 13.5. The highest BCUT2D eigenvalue weighted by molar-refractivity contribution is 5.90. The summed E-state index contributed by atoms with van der Waals surface area (Å²) in [6.45, 7) is 4.83. The molecule has 1 aromatic carbocycles. The second kappa shape index (κ2) is 11.7. The number of esters is 1. The molecule has 1 atom stereocenters. The third-order valence-electron chi connectivity index (χ3n) is 7.34. The Kier molecular flexibility index (Phi) is 8.08. The summed E-state index contributed by atoms with van der Waals surface area (Å²) < 4.78 is 27.6. The first-order chi connectivity index (χ1) is 19.8. The molecule has 11 heteroatoms. The van der Waals surface area contributed by atoms with E-state index in [2.05, 4.69) is 5.92 Å². The number of aryl methyl sites for hydroxylation is 1. The Bertz CT molecular complexity index is 1620. The minimum atomic E-state index is -1.89. The van der Waals surface area contributed by atoms with E-state index in [4.69, 9.17) is 35.1 Å². The summed E-state index contributed by atoms with van der Waals surface area (Å²) in [4.78, 5) is 43.0. The smallest absolute Gasteiger partial charge is 0.458 e. The van der Waals surface area contributed by atoms with Gasteiger partial charge in [0.05, 0.1) is 48.8 Å². The lowest BCUT2D eigenvalue weighted by Crippen LogP contribution is -2.44. The molecule has 0 fully saturated rings. The van der Waals surface area contributed by atoms with Gasteiger partial charge in [0.25, 0.3) is 5.56 Å². The van der Waals surface area contributed by atoms with Gasteiger partial charge in [-0.3, -0.25) is 4.79 Å². The number of fused-ring (bicyclic) bond motifs is 5. The van der Waals surface area contributed by atoms with Crippen LogP contribution in [-0.4, -0.2) is 59.8 Å². The number of hydrogen-bond donors (Lipinski definition) is 1. The van der Waals surface area contributed by atoms with E-state index >= 15 is 0 Å². The standard InChI is InChI=1S/C30H30N2O9/c1-4-9-37-10-11-38-12-13-39-29(35)41-18-7-8-24-20(14-18)19(5-2)21-16-32-25(26(21)31-24)15-23-22(27(32)33)17-40-28(34)30(23,36)6-3/h1,7-8,14-15,36H,5-6,9-13,16-17H2,2-3H3/t30-/m0/s1. The highest BCUT2D eigenvalue weighted by atomic mass is 16.7. The Balaban J connectivity index is 1.38. The second-order valence-corrected chi connectivity index (χ2v) is 9.62. The number of terminal acetylenes is 1. The summed E-state index contributed by atoms with van der Waals surface area (Å²) in [7, 11) is 0. The third-order valence-corrected chi connectivity index (χ3v) is 7.34. The molecule has 2 aliphatic heterocycles. The summed E-state index contributed by atoms with van der Waals surface area (Å²) in [5.74, 6) is 1.88. The van der Waals surface area contributed by atoms with Crippen LogP contribution in [0.4, 0.5) is 4.79 Å². The number of carbonyl (C=O) groups excluding carboxylic acids is 2. The summed E-state index contributed by atoms with van der Waals surface area (Å²) in [6, 6.07) is 6.76. The number of carbonyl (C=O) groups is 2. The molecule has 0 saturated carbocycles. The normalized spacial score (nSPS) is 16.9. The van der Waals surface area contributed by atoms with Gasteiger partial charge in [-0.25, -0.2) is 14.6 Å². The van der Waals surface area contributed by atoms with Gasteiger partial charge in [-0.05, 0) is 42.7 Å². The van der Waals surface area contributed by atoms with Gasteiger partial charge in [-0.2, -0.15) is 0 Å². The number of aromatic nitrogens is 2. The molecule has 0 radical (unpaired) electrons. The van der Waals surface area contributed by atoms with Gasteiger partial charge in [0.2, 0.25) is 0 Å². The van der Waals surface area contributed by atoms with Crippen molar-refractivity contribution in [2.24, 2.45) is 0 Å². The minimum Gasteiger partial charge on any atom is -0.458 e. The van der Waals surface area contributed by atoms with Crippen molar-refractivity contribution < 1.29 is 38.4 Å². The van der Waals surface area contributed by atoms with Gasteiger partial charge in [0.1, 0.15) is 25.6 Å². The second-order valence-electron chi connectivity index (χ2n) is 9.62. The highest BCUT2D eigenvalue weighted by Gasteiger charge is 2.45. The van der Waals surface area contributed by atoms with E-state index in [1.165, 1.54) is 0 Å². The Labute approximate surface area is 235 Å². The lowest BCUT2D eigenvalue weighted by molar-refractivity contribution is -0.172. The van der Waals surface area contributed by atoms with Crippen molar-refractivity contribution in [3.63, 3.8) is 0 Å². The molecule has 0 spiro atoms. The van der Waals surface area contributed by atoms with Crippen LogP contribution in [0.5, 0.6) is 5.75 Å². The number of benzene rings is 1. The summed E-state index contributed by atoms with van der Waals surface area (Å²) in [5, 5.41) is 11.9. The SMILES string of the molecule is C#CCOCCOCCOC(=O)Oc1ccc2nc3c(c(CC)c2c1)Cn1c-3cc2c(c1=O)COC(=O)[C@]2(O)CC. The zero-order valence-corrected chi connectivity index (χ0v) is 22.9. The van der Waals surface area contributed by atoms with E-state index in [1.807, 2.05) is 6.92 Å². The fraction of sp³-hybridized carbons (Fsp3) is 0.400. The molecule has 1 N–H and O–H groups in total. The van der Waals surface area contributed by atoms with Crippen molar-refractivity contribution in [3.05, 3.63) is 56.9 Å². The fourth-order valence-electron chi connectivity index (χ4n) is 5.27. The van der Waals surface area contributed by atoms with E-state index < -0.39 is 17.7 Å². The van der Waals surface area contributed by atoms with Gasteiger partial charge in [0.15, 0.2) is 5.60 Å². The number of rotatable bonds is 10. The molecule has 2 aliphatic rings. The molecular weight excluding hydrogens is 532 g/mol. The monoisotopic (exact) mass is 562 g/mol. The van der Waals surface area contributed by atoms with Crippen LogP contribution in [0.2, 0.25) is 0 Å². The van der Waals surface area contributed by atoms with Crippen LogP contribution in [0.1, 0.15) is 42.5 Å². The molecule has 0 amide bonds. The number of nitrogens with zero attached hydrogens (tertiary/aromatic N) is 2. The maximum Gasteiger partial charge on any atom is 0.513 e. The molecule has 11 nitrogen and oxygen atoms in total. The molecule has 0 unspecified atom stereocenters. The quantitative estimate of drug-likeness (QED) is 0.133. The topological polar surface area (TPSA) is 135 Å². The first-order valence-corrected chi connectivity index (χ1v) is 13.4. The highest BCUT2D eigenvalue weighted by Crippen LogP contribution is 2.40. The van der Waals surface area contributed by atoms with Crippen molar-refractivity contribution in [1.29, 1.82) is 0 Å². The van der Waals surface area contributed by atoms with Crippen LogP contribution in [0.3, 0.4) is 0 Å². The minimum absolute atomic E-state index is 0.0115. The van der Waals surface area contributed by atoms with Crippen LogP contribution in [-0.2, 0) is 48.9 Å². The Morgan fingerprint density at radius 2 is 1.93 bits per heavy atom. The number of cyclic esters (lactones) is 1. The van der Waals surface area contributed by atoms with Crippen LogP contribution in [0, 0.1) is 12.3 Å². The van der Waals surface area contributed by atoms with Crippen LogP contribution in [0.15, 0.2) is 29.1 Å². The number of aliphatic hydroxyl groups is 1. The number of ether oxygens (including phenoxy) is 5. The van der Waals surface area contributed by atoms with Gasteiger partial charge in [-0.1, -0.05) is 19.8 Å². The van der Waals surface area contributed by atoms with Crippen molar-refractivity contribution in [2.75, 3.05) is 33.0 Å². The molecule has 5 rings (SSSR count). The molecule has 4 heterocycles. The molecule has 0 bridgehead atoms. The Hall–Kier alpha value is -4.24. The lowest BCUT2D eigenvalue weighted by atomic mass is 9.86. The Morgan fingerprint density at radius 1 is 1.15 bits per heavy atom. The van der Waals surface area contributed by atoms with Crippen molar-refractivity contribution in [2.45, 2.75) is 45.4 Å². The number of pyridine rings is 2. The average Bonchev–Trinajstić information content (AvgIpc) is 3.34. The molecular formula is C30H30N2O9. The molecule has 2 aromatic heterocycles. The summed E-state index contributed by atoms with van der Waals surface area (Å²) >= 11 is 0. The molecule has 3 aromatic rings. The zero-order valence-electron chi connectivity index (χ0n) is 22.9. The number of hydrogen-bond acceptors (Lipinski definition) is 10. The van der Waals surface area contributed by atoms with Crippen LogP contribution in [0.25, 0.3) is 22.3 Å². The molecule has 41 heavy (non-hydrogen) atoms. The van der Waals surface area contributed by atoms with Crippen LogP contribution < -0.4 is 10.3 Å². The molecule has 0 aliphatic carbocycles. The van der Waals surface area contributed by atoms with Gasteiger partial charge < -0.3 is 33.4 Å². The predicted octanol–water partition coefficient (Wildman–Crippen LogP) is 2.82. The van der Waals surface area contributed by atoms with E-state index in [0.717, 1.165) is 16.5 Å². The van der Waals surface area contributed by atoms with E-state index in [1.54, 1.807) is 35.8 Å². The van der Waals surface area contributed by atoms with Crippen LogP contribution >= 0.6 is 0 Å². The zero-order chi connectivity index (χ0) is 29.1. The molecule has 214 valence electrons. The van der Waals surface area contributed by atoms with E-state index in [9.17, 15) is 19.5 Å². The molecule has 0 saturated heterocycles. The van der Waals surface area contributed by atoms with Gasteiger partial charge in [0, 0.05) is 16.5 Å². The first kappa shape index (κ1) is 28.3. The average molecular weight is 563 g/mol. The summed E-state index contributed by atoms with van der Waals surface area (Å²) in [5.41, 5.74) is 1.93. The van der Waals surface area contributed by atoms with Gasteiger partial charge in [-0.15, -0.1) is 6.42 Å². The Morgan fingerprint density at radius 3 is 2.68 bits per heavy atom. The van der Waals surface area contributed by atoms with Crippen molar-refractivity contribution in [3.8, 4) is 29.5 Å². The third kappa shape index (κ3) is 5.17. The van der Waals surface area contributed by atoms with Crippen molar-refractivity contribution >= 4 is 23.0 Å². The van der Waals surface area contributed by atoms with Gasteiger partial charge >= 0.3 is 12.1 Å². The van der Waals surface area contributed by atoms with E-state index in [0.29, 0.717) is 36.5 Å². The first-order valence-electron chi connectivity index (χ1n) is 13.4. The fourth-order valence-corrected chi connectivity index (χ4v) is 5.27. The lowest BCUT2D eigenvalue weighted by Gasteiger charge is -2.31. The van der Waals surface area contributed by atoms with Crippen molar-refractivity contribution in [1.82, 2.24) is 9.55 Å². The van der Waals surface area contributed by atoms with E-state index in [-0.39, 0.29) is 61.8 Å². The largest absolute Gasteiger partial charge is 0.513 e. The predicted molar refractivity (Wildman–Crippen MR) is 146 cm³/mol.